The largest absolute Gasteiger partial charge is 0.497 e. The summed E-state index contributed by atoms with van der Waals surface area (Å²) in [6.07, 6.45) is 1.31. The highest BCUT2D eigenvalue weighted by molar-refractivity contribution is 9.10. The highest BCUT2D eigenvalue weighted by atomic mass is 79.9. The van der Waals surface area contributed by atoms with Gasteiger partial charge in [0.1, 0.15) is 5.75 Å². The number of nitrogens with zero attached hydrogens (tertiary/aromatic N) is 3. The lowest BCUT2D eigenvalue weighted by molar-refractivity contribution is 0.224. The Labute approximate surface area is 175 Å². The van der Waals surface area contributed by atoms with Crippen LogP contribution in [0.15, 0.2) is 64.7 Å². The first kappa shape index (κ1) is 18.8. The molecule has 0 fully saturated rings. The van der Waals surface area contributed by atoms with Crippen LogP contribution in [0, 0.1) is 0 Å². The standard InChI is InChI=1S/C20H17BrN4O2S/c1-3-10-28-20-23-19-17(24-25-20)13-6-4-5-7-16(13)22-18(27-19)14-11-12(26-2)8-9-15(14)21/h3-9,11,18,22H,1,10H2,2H3/t18-/m0/s1. The number of hydrogen-bond donors (Lipinski definition) is 1. The Balaban J connectivity index is 1.82. The predicted molar refractivity (Wildman–Crippen MR) is 114 cm³/mol. The molecule has 8 heteroatoms. The van der Waals surface area contributed by atoms with Crippen LogP contribution in [0.3, 0.4) is 0 Å². The van der Waals surface area contributed by atoms with Crippen LogP contribution < -0.4 is 14.8 Å². The van der Waals surface area contributed by atoms with E-state index < -0.39 is 6.23 Å². The van der Waals surface area contributed by atoms with Crippen LogP contribution in [0.5, 0.6) is 11.6 Å². The molecule has 0 spiro atoms. The number of anilines is 1. The number of ether oxygens (including phenoxy) is 2. The summed E-state index contributed by atoms with van der Waals surface area (Å²) < 4.78 is 12.6. The Morgan fingerprint density at radius 2 is 2.14 bits per heavy atom. The van der Waals surface area contributed by atoms with Crippen LogP contribution in [0.1, 0.15) is 11.8 Å². The van der Waals surface area contributed by atoms with Gasteiger partial charge < -0.3 is 14.8 Å². The number of fused-ring (bicyclic) bond motifs is 3. The molecule has 1 atom stereocenters. The monoisotopic (exact) mass is 456 g/mol. The lowest BCUT2D eigenvalue weighted by Crippen LogP contribution is -2.17. The molecule has 0 saturated heterocycles. The molecule has 1 aromatic heterocycles. The predicted octanol–water partition coefficient (Wildman–Crippen LogP) is 5.09. The van der Waals surface area contributed by atoms with Crippen LogP contribution in [0.25, 0.3) is 11.3 Å². The van der Waals surface area contributed by atoms with Gasteiger partial charge in [-0.15, -0.1) is 16.8 Å². The van der Waals surface area contributed by atoms with E-state index in [1.54, 1.807) is 13.2 Å². The molecule has 0 amide bonds. The first-order valence-corrected chi connectivity index (χ1v) is 10.3. The van der Waals surface area contributed by atoms with Crippen molar-refractivity contribution in [2.75, 3.05) is 18.2 Å². The van der Waals surface area contributed by atoms with Gasteiger partial charge in [0.2, 0.25) is 11.0 Å². The molecule has 4 rings (SSSR count). The summed E-state index contributed by atoms with van der Waals surface area (Å²) in [5, 5.41) is 12.6. The number of methoxy groups -OCH3 is 1. The second-order valence-corrected chi connectivity index (χ2v) is 7.76. The van der Waals surface area contributed by atoms with Gasteiger partial charge in [0.15, 0.2) is 11.9 Å². The second-order valence-electron chi connectivity index (χ2n) is 5.92. The third-order valence-corrected chi connectivity index (χ3v) is 5.71. The molecule has 142 valence electrons. The van der Waals surface area contributed by atoms with Gasteiger partial charge in [0, 0.05) is 27.0 Å². The van der Waals surface area contributed by atoms with E-state index in [1.165, 1.54) is 11.8 Å². The van der Waals surface area contributed by atoms with Crippen molar-refractivity contribution in [2.24, 2.45) is 0 Å². The third kappa shape index (κ3) is 3.70. The fourth-order valence-corrected chi connectivity index (χ4v) is 3.80. The van der Waals surface area contributed by atoms with Crippen LogP contribution >= 0.6 is 27.7 Å². The molecule has 0 unspecified atom stereocenters. The second kappa shape index (κ2) is 8.20. The number of para-hydroxylation sites is 1. The van der Waals surface area contributed by atoms with Crippen molar-refractivity contribution in [3.8, 4) is 22.9 Å². The first-order chi connectivity index (χ1) is 13.7. The van der Waals surface area contributed by atoms with Gasteiger partial charge in [-0.3, -0.25) is 0 Å². The summed E-state index contributed by atoms with van der Waals surface area (Å²) in [4.78, 5) is 4.59. The molecule has 0 aliphatic carbocycles. The SMILES string of the molecule is C=CCSc1nnc2c(n1)O[C@@H](c1cc(OC)ccc1Br)Nc1ccccc1-2. The molecule has 3 aromatic rings. The molecule has 28 heavy (non-hydrogen) atoms. The van der Waals surface area contributed by atoms with Gasteiger partial charge in [0.25, 0.3) is 0 Å². The number of thioether (sulfide) groups is 1. The lowest BCUT2D eigenvalue weighted by atomic mass is 10.1. The van der Waals surface area contributed by atoms with Crippen LogP contribution in [0.2, 0.25) is 0 Å². The van der Waals surface area contributed by atoms with E-state index in [0.29, 0.717) is 22.5 Å². The number of halogens is 1. The van der Waals surface area contributed by atoms with E-state index in [1.807, 2.05) is 42.5 Å². The topological polar surface area (TPSA) is 69.2 Å². The summed E-state index contributed by atoms with van der Waals surface area (Å²) in [7, 11) is 1.64. The van der Waals surface area contributed by atoms with E-state index in [-0.39, 0.29) is 0 Å². The van der Waals surface area contributed by atoms with Crippen molar-refractivity contribution in [1.82, 2.24) is 15.2 Å². The summed E-state index contributed by atoms with van der Waals surface area (Å²) in [6, 6.07) is 13.6. The summed E-state index contributed by atoms with van der Waals surface area (Å²) in [5.74, 6) is 1.86. The highest BCUT2D eigenvalue weighted by Gasteiger charge is 2.27. The fourth-order valence-electron chi connectivity index (χ4n) is 2.83. The average molecular weight is 457 g/mol. The number of hydrogen-bond acceptors (Lipinski definition) is 7. The van der Waals surface area contributed by atoms with Gasteiger partial charge in [0.05, 0.1) is 7.11 Å². The minimum absolute atomic E-state index is 0.429. The highest BCUT2D eigenvalue weighted by Crippen LogP contribution is 2.41. The quantitative estimate of drug-likeness (QED) is 0.423. The third-order valence-electron chi connectivity index (χ3n) is 4.15. The maximum absolute atomic E-state index is 6.28. The minimum Gasteiger partial charge on any atom is -0.497 e. The Morgan fingerprint density at radius 3 is 2.96 bits per heavy atom. The molecule has 0 bridgehead atoms. The Bertz CT molecular complexity index is 1030. The smallest absolute Gasteiger partial charge is 0.247 e. The Hall–Kier alpha value is -2.58. The van der Waals surface area contributed by atoms with Crippen molar-refractivity contribution in [3.05, 3.63) is 65.2 Å². The van der Waals surface area contributed by atoms with Gasteiger partial charge in [-0.25, -0.2) is 0 Å². The molecule has 0 saturated carbocycles. The summed E-state index contributed by atoms with van der Waals surface area (Å²) >= 11 is 5.07. The molecule has 1 N–H and O–H groups in total. The zero-order valence-corrected chi connectivity index (χ0v) is 17.5. The lowest BCUT2D eigenvalue weighted by Gasteiger charge is -2.21. The van der Waals surface area contributed by atoms with Gasteiger partial charge in [-0.1, -0.05) is 52.0 Å². The molecular weight excluding hydrogens is 440 g/mol. The number of nitrogens with one attached hydrogen (secondary N) is 1. The molecule has 2 heterocycles. The van der Waals surface area contributed by atoms with E-state index in [9.17, 15) is 0 Å². The first-order valence-electron chi connectivity index (χ1n) is 8.54. The molecule has 0 radical (unpaired) electrons. The average Bonchev–Trinajstić information content (AvgIpc) is 2.89. The normalized spacial score (nSPS) is 14.7. The minimum atomic E-state index is -0.485. The fraction of sp³-hybridized carbons (Fsp3) is 0.150. The van der Waals surface area contributed by atoms with Gasteiger partial charge in [-0.05, 0) is 24.3 Å². The van der Waals surface area contributed by atoms with Crippen molar-refractivity contribution in [1.29, 1.82) is 0 Å². The molecule has 1 aliphatic rings. The zero-order chi connectivity index (χ0) is 19.5. The molecule has 1 aliphatic heterocycles. The van der Waals surface area contributed by atoms with E-state index >= 15 is 0 Å². The molecule has 6 nitrogen and oxygen atoms in total. The zero-order valence-electron chi connectivity index (χ0n) is 15.1. The van der Waals surface area contributed by atoms with Crippen LogP contribution in [0.4, 0.5) is 5.69 Å². The Kier molecular flexibility index (Phi) is 5.50. The Morgan fingerprint density at radius 1 is 1.29 bits per heavy atom. The number of rotatable bonds is 5. The molecular formula is C20H17BrN4O2S. The van der Waals surface area contributed by atoms with Crippen molar-refractivity contribution in [3.63, 3.8) is 0 Å². The van der Waals surface area contributed by atoms with E-state index in [4.69, 9.17) is 9.47 Å². The summed E-state index contributed by atoms with van der Waals surface area (Å²) in [6.45, 7) is 3.73. The maximum Gasteiger partial charge on any atom is 0.247 e. The van der Waals surface area contributed by atoms with Crippen molar-refractivity contribution >= 4 is 33.4 Å². The van der Waals surface area contributed by atoms with Gasteiger partial charge >= 0.3 is 0 Å². The molecule has 2 aromatic carbocycles. The number of aromatic nitrogens is 3. The number of benzene rings is 2. The van der Waals surface area contributed by atoms with E-state index in [0.717, 1.165) is 27.0 Å². The maximum atomic E-state index is 6.28. The van der Waals surface area contributed by atoms with Crippen LogP contribution in [-0.2, 0) is 0 Å². The van der Waals surface area contributed by atoms with Crippen molar-refractivity contribution in [2.45, 2.75) is 11.4 Å². The van der Waals surface area contributed by atoms with E-state index in [2.05, 4.69) is 43.0 Å². The van der Waals surface area contributed by atoms with Crippen molar-refractivity contribution < 1.29 is 9.47 Å². The van der Waals surface area contributed by atoms with Gasteiger partial charge in [-0.2, -0.15) is 4.98 Å². The summed E-state index contributed by atoms with van der Waals surface area (Å²) in [5.41, 5.74) is 3.27. The van der Waals surface area contributed by atoms with Crippen LogP contribution in [-0.4, -0.2) is 28.0 Å².